The van der Waals surface area contributed by atoms with E-state index < -0.39 is 0 Å². The van der Waals surface area contributed by atoms with Crippen LogP contribution in [0.25, 0.3) is 0 Å². The fourth-order valence-electron chi connectivity index (χ4n) is 0.998. The highest BCUT2D eigenvalue weighted by atomic mass is 16.5. The fourth-order valence-corrected chi connectivity index (χ4v) is 0.998. The molecule has 0 saturated carbocycles. The van der Waals surface area contributed by atoms with Gasteiger partial charge in [-0.3, -0.25) is 5.01 Å². The van der Waals surface area contributed by atoms with Gasteiger partial charge in [0.15, 0.2) is 0 Å². The van der Waals surface area contributed by atoms with E-state index in [2.05, 4.69) is 5.43 Å². The van der Waals surface area contributed by atoms with Crippen LogP contribution in [0, 0.1) is 0 Å². The summed E-state index contributed by atoms with van der Waals surface area (Å²) in [7, 11) is 3.79. The zero-order chi connectivity index (χ0) is 7.56. The summed E-state index contributed by atoms with van der Waals surface area (Å²) in [4.78, 5) is 0. The van der Waals surface area contributed by atoms with Gasteiger partial charge in [-0.15, -0.1) is 0 Å². The fraction of sp³-hybridized carbons (Fsp3) is 1.00. The first kappa shape index (κ1) is 7.94. The summed E-state index contributed by atoms with van der Waals surface area (Å²) in [5, 5.41) is 11.0. The van der Waals surface area contributed by atoms with Gasteiger partial charge in [0.1, 0.15) is 0 Å². The van der Waals surface area contributed by atoms with Gasteiger partial charge in [-0.1, -0.05) is 0 Å². The molecule has 1 rings (SSSR count). The molecule has 1 aliphatic heterocycles. The second-order valence-electron chi connectivity index (χ2n) is 2.73. The number of ether oxygens (including phenoxy) is 1. The quantitative estimate of drug-likeness (QED) is 0.481. The molecule has 4 nitrogen and oxygen atoms in total. The van der Waals surface area contributed by atoms with Crippen LogP contribution in [0.15, 0.2) is 0 Å². The summed E-state index contributed by atoms with van der Waals surface area (Å²) in [5.74, 6) is 0. The average molecular weight is 146 g/mol. The molecule has 4 heteroatoms. The molecule has 2 N–H and O–H groups in total. The summed E-state index contributed by atoms with van der Waals surface area (Å²) in [6.07, 6.45) is -0.359. The largest absolute Gasteiger partial charge is 0.389 e. The number of hydrogen-bond donors (Lipinski definition) is 2. The monoisotopic (exact) mass is 146 g/mol. The Morgan fingerprint density at radius 1 is 1.50 bits per heavy atom. The number of aliphatic hydroxyl groups excluding tert-OH is 1. The number of hydrazine groups is 1. The maximum atomic E-state index is 9.22. The third-order valence-corrected chi connectivity index (χ3v) is 1.47. The summed E-state index contributed by atoms with van der Waals surface area (Å²) in [6, 6.07) is 0.0648. The van der Waals surface area contributed by atoms with Gasteiger partial charge in [0.25, 0.3) is 0 Å². The lowest BCUT2D eigenvalue weighted by Gasteiger charge is -2.19. The Kier molecular flexibility index (Phi) is 2.62. The number of rotatable bonds is 2. The molecule has 0 amide bonds. The molecule has 0 aromatic carbocycles. The number of nitrogens with zero attached hydrogens (tertiary/aromatic N) is 1. The molecule has 2 unspecified atom stereocenters. The van der Waals surface area contributed by atoms with Crippen molar-refractivity contribution < 1.29 is 9.84 Å². The van der Waals surface area contributed by atoms with Crippen molar-refractivity contribution >= 4 is 0 Å². The van der Waals surface area contributed by atoms with Gasteiger partial charge >= 0.3 is 0 Å². The molecule has 0 aliphatic carbocycles. The molecule has 1 heterocycles. The van der Waals surface area contributed by atoms with E-state index in [-0.39, 0.29) is 12.1 Å². The summed E-state index contributed by atoms with van der Waals surface area (Å²) in [5.41, 5.74) is 3.05. The highest BCUT2D eigenvalue weighted by Gasteiger charge is 2.25. The zero-order valence-electron chi connectivity index (χ0n) is 6.37. The van der Waals surface area contributed by atoms with Crippen molar-refractivity contribution in [3.05, 3.63) is 0 Å². The van der Waals surface area contributed by atoms with Gasteiger partial charge < -0.3 is 9.84 Å². The Balaban J connectivity index is 2.26. The van der Waals surface area contributed by atoms with Crippen molar-refractivity contribution in [2.24, 2.45) is 0 Å². The molecule has 1 saturated heterocycles. The lowest BCUT2D eigenvalue weighted by molar-refractivity contribution is 0.110. The molecule has 60 valence electrons. The molecular formula is C6H14N2O2. The molecule has 1 aliphatic rings. The first-order valence-corrected chi connectivity index (χ1v) is 3.39. The van der Waals surface area contributed by atoms with Crippen molar-refractivity contribution in [2.75, 3.05) is 27.3 Å². The first-order chi connectivity index (χ1) is 4.70. The van der Waals surface area contributed by atoms with Crippen LogP contribution in [-0.4, -0.2) is 49.6 Å². The van der Waals surface area contributed by atoms with Gasteiger partial charge in [-0.2, -0.15) is 0 Å². The van der Waals surface area contributed by atoms with Crippen molar-refractivity contribution in [1.82, 2.24) is 10.4 Å². The smallest absolute Gasteiger partial charge is 0.0962 e. The van der Waals surface area contributed by atoms with Gasteiger partial charge in [-0.25, -0.2) is 5.43 Å². The van der Waals surface area contributed by atoms with Crippen LogP contribution in [-0.2, 0) is 4.74 Å². The predicted molar refractivity (Wildman–Crippen MR) is 37.4 cm³/mol. The van der Waals surface area contributed by atoms with E-state index in [1.807, 2.05) is 19.1 Å². The highest BCUT2D eigenvalue weighted by Crippen LogP contribution is 2.04. The van der Waals surface area contributed by atoms with Crippen molar-refractivity contribution in [1.29, 1.82) is 0 Å². The lowest BCUT2D eigenvalue weighted by atomic mass is 10.2. The molecule has 0 spiro atoms. The minimum absolute atomic E-state index is 0.0648. The molecule has 0 aromatic rings. The molecular weight excluding hydrogens is 132 g/mol. The third-order valence-electron chi connectivity index (χ3n) is 1.47. The third kappa shape index (κ3) is 1.91. The number of nitrogens with one attached hydrogen (secondary N) is 1. The van der Waals surface area contributed by atoms with Crippen molar-refractivity contribution in [2.45, 2.75) is 12.1 Å². The van der Waals surface area contributed by atoms with Crippen LogP contribution in [0.3, 0.4) is 0 Å². The van der Waals surface area contributed by atoms with E-state index in [9.17, 15) is 5.11 Å². The van der Waals surface area contributed by atoms with Gasteiger partial charge in [0.05, 0.1) is 25.4 Å². The molecule has 2 atom stereocenters. The van der Waals surface area contributed by atoms with E-state index >= 15 is 0 Å². The average Bonchev–Trinajstić information content (AvgIpc) is 2.15. The van der Waals surface area contributed by atoms with Crippen LogP contribution in [0.2, 0.25) is 0 Å². The summed E-state index contributed by atoms with van der Waals surface area (Å²) < 4.78 is 5.03. The number of hydrogen-bond acceptors (Lipinski definition) is 4. The minimum atomic E-state index is -0.359. The van der Waals surface area contributed by atoms with E-state index in [0.717, 1.165) is 0 Å². The standard InChI is InChI=1S/C6H14N2O2/c1-8(2)7-5-3-10-4-6(5)9/h5-7,9H,3-4H2,1-2H3. The van der Waals surface area contributed by atoms with Crippen LogP contribution in [0.5, 0.6) is 0 Å². The van der Waals surface area contributed by atoms with Crippen LogP contribution in [0.4, 0.5) is 0 Å². The SMILES string of the molecule is CN(C)NC1COCC1O. The second-order valence-corrected chi connectivity index (χ2v) is 2.73. The minimum Gasteiger partial charge on any atom is -0.389 e. The van der Waals surface area contributed by atoms with E-state index in [4.69, 9.17) is 4.74 Å². The maximum Gasteiger partial charge on any atom is 0.0962 e. The first-order valence-electron chi connectivity index (χ1n) is 3.39. The maximum absolute atomic E-state index is 9.22. The molecule has 1 fully saturated rings. The van der Waals surface area contributed by atoms with Crippen LogP contribution in [0.1, 0.15) is 0 Å². The van der Waals surface area contributed by atoms with Crippen molar-refractivity contribution in [3.8, 4) is 0 Å². The van der Waals surface area contributed by atoms with Crippen molar-refractivity contribution in [3.63, 3.8) is 0 Å². The van der Waals surface area contributed by atoms with E-state index in [1.165, 1.54) is 0 Å². The Morgan fingerprint density at radius 2 is 2.20 bits per heavy atom. The second kappa shape index (κ2) is 3.30. The normalized spacial score (nSPS) is 33.6. The Labute approximate surface area is 60.7 Å². The van der Waals surface area contributed by atoms with Crippen LogP contribution >= 0.6 is 0 Å². The summed E-state index contributed by atoms with van der Waals surface area (Å²) in [6.45, 7) is 1.05. The van der Waals surface area contributed by atoms with Gasteiger partial charge in [-0.05, 0) is 0 Å². The van der Waals surface area contributed by atoms with Crippen LogP contribution < -0.4 is 5.43 Å². The zero-order valence-corrected chi connectivity index (χ0v) is 6.37. The molecule has 0 aromatic heterocycles. The van der Waals surface area contributed by atoms with Gasteiger partial charge in [0.2, 0.25) is 0 Å². The Bertz CT molecular complexity index is 108. The Morgan fingerprint density at radius 3 is 2.60 bits per heavy atom. The molecule has 10 heavy (non-hydrogen) atoms. The van der Waals surface area contributed by atoms with Gasteiger partial charge in [0, 0.05) is 14.1 Å². The Hall–Kier alpha value is -0.160. The van der Waals surface area contributed by atoms with E-state index in [1.54, 1.807) is 0 Å². The molecule has 0 bridgehead atoms. The summed E-state index contributed by atoms with van der Waals surface area (Å²) >= 11 is 0. The number of aliphatic hydroxyl groups is 1. The topological polar surface area (TPSA) is 44.7 Å². The molecule has 0 radical (unpaired) electrons. The lowest BCUT2D eigenvalue weighted by Crippen LogP contribution is -2.46. The predicted octanol–water partition coefficient (Wildman–Crippen LogP) is -1.19. The highest BCUT2D eigenvalue weighted by molar-refractivity contribution is 4.78. The van der Waals surface area contributed by atoms with E-state index in [0.29, 0.717) is 13.2 Å².